The molecular weight excluding hydrogens is 252 g/mol. The molecule has 0 spiro atoms. The van der Waals surface area contributed by atoms with Gasteiger partial charge in [0.2, 0.25) is 0 Å². The van der Waals surface area contributed by atoms with E-state index in [0.29, 0.717) is 22.0 Å². The van der Waals surface area contributed by atoms with Gasteiger partial charge in [0.25, 0.3) is 0 Å². The first-order chi connectivity index (χ1) is 7.13. The van der Waals surface area contributed by atoms with Crippen LogP contribution in [0.4, 0.5) is 0 Å². The summed E-state index contributed by atoms with van der Waals surface area (Å²) in [5, 5.41) is 4.71. The van der Waals surface area contributed by atoms with E-state index in [9.17, 15) is 0 Å². The molecule has 0 saturated carbocycles. The Morgan fingerprint density at radius 1 is 1.33 bits per heavy atom. The molecule has 1 nitrogen and oxygen atoms in total. The third-order valence-corrected chi connectivity index (χ3v) is 3.00. The van der Waals surface area contributed by atoms with E-state index in [4.69, 9.17) is 34.8 Å². The second kappa shape index (κ2) is 6.59. The topological polar surface area (TPSA) is 12.0 Å². The lowest BCUT2D eigenvalue weighted by Gasteiger charge is -2.13. The third kappa shape index (κ3) is 4.60. The Bertz CT molecular complexity index is 315. The van der Waals surface area contributed by atoms with Crippen LogP contribution in [0.3, 0.4) is 0 Å². The molecule has 0 bridgehead atoms. The van der Waals surface area contributed by atoms with Crippen molar-refractivity contribution in [1.29, 1.82) is 0 Å². The van der Waals surface area contributed by atoms with E-state index >= 15 is 0 Å². The van der Waals surface area contributed by atoms with E-state index < -0.39 is 0 Å². The lowest BCUT2D eigenvalue weighted by Crippen LogP contribution is -2.25. The Hall–Kier alpha value is 0.0500. The Balaban J connectivity index is 2.50. The zero-order chi connectivity index (χ0) is 11.3. The van der Waals surface area contributed by atoms with Gasteiger partial charge in [-0.15, -0.1) is 11.6 Å². The Kier molecular flexibility index (Phi) is 5.77. The summed E-state index contributed by atoms with van der Waals surface area (Å²) < 4.78 is 0. The van der Waals surface area contributed by atoms with Gasteiger partial charge < -0.3 is 5.32 Å². The molecule has 1 atom stereocenters. The Morgan fingerprint density at radius 3 is 2.67 bits per heavy atom. The second-order valence-corrected chi connectivity index (χ2v) is 4.72. The number of alkyl halides is 1. The Labute approximate surface area is 106 Å². The smallest absolute Gasteiger partial charge is 0.0465 e. The van der Waals surface area contributed by atoms with Gasteiger partial charge in [0, 0.05) is 28.5 Å². The molecular formula is C11H14Cl3N. The number of hydrogen-bond donors (Lipinski definition) is 1. The SMILES string of the molecule is CC(CCCl)NCc1ccc(Cl)cc1Cl. The van der Waals surface area contributed by atoms with E-state index in [2.05, 4.69) is 12.2 Å². The number of rotatable bonds is 5. The average Bonchev–Trinajstić information content (AvgIpc) is 2.17. The summed E-state index contributed by atoms with van der Waals surface area (Å²) in [6.07, 6.45) is 0.951. The summed E-state index contributed by atoms with van der Waals surface area (Å²) >= 11 is 17.5. The van der Waals surface area contributed by atoms with Gasteiger partial charge in [-0.2, -0.15) is 0 Å². The molecule has 0 aliphatic rings. The van der Waals surface area contributed by atoms with Gasteiger partial charge >= 0.3 is 0 Å². The minimum atomic E-state index is 0.397. The first-order valence-corrected chi connectivity index (χ1v) is 6.16. The van der Waals surface area contributed by atoms with Crippen LogP contribution in [0.1, 0.15) is 18.9 Å². The lowest BCUT2D eigenvalue weighted by atomic mass is 10.2. The summed E-state index contributed by atoms with van der Waals surface area (Å²) in [4.78, 5) is 0. The van der Waals surface area contributed by atoms with Crippen LogP contribution in [0, 0.1) is 0 Å². The van der Waals surface area contributed by atoms with E-state index in [1.54, 1.807) is 6.07 Å². The first-order valence-electron chi connectivity index (χ1n) is 4.86. The fourth-order valence-electron chi connectivity index (χ4n) is 1.21. The van der Waals surface area contributed by atoms with Crippen LogP contribution in [0.2, 0.25) is 10.0 Å². The molecule has 4 heteroatoms. The maximum atomic E-state index is 6.04. The fraction of sp³-hybridized carbons (Fsp3) is 0.455. The molecule has 84 valence electrons. The van der Waals surface area contributed by atoms with Crippen LogP contribution in [-0.4, -0.2) is 11.9 Å². The van der Waals surface area contributed by atoms with Crippen molar-refractivity contribution in [3.05, 3.63) is 33.8 Å². The van der Waals surface area contributed by atoms with Gasteiger partial charge in [0.05, 0.1) is 0 Å². The van der Waals surface area contributed by atoms with Gasteiger partial charge in [0.15, 0.2) is 0 Å². The molecule has 1 unspecified atom stereocenters. The van der Waals surface area contributed by atoms with Gasteiger partial charge in [0.1, 0.15) is 0 Å². The van der Waals surface area contributed by atoms with Crippen molar-refractivity contribution in [2.24, 2.45) is 0 Å². The summed E-state index contributed by atoms with van der Waals surface area (Å²) in [6, 6.07) is 5.93. The monoisotopic (exact) mass is 265 g/mol. The molecule has 1 rings (SSSR count). The lowest BCUT2D eigenvalue weighted by molar-refractivity contribution is 0.536. The molecule has 0 aliphatic carbocycles. The van der Waals surface area contributed by atoms with Crippen LogP contribution in [0.5, 0.6) is 0 Å². The van der Waals surface area contributed by atoms with Crippen LogP contribution in [0.15, 0.2) is 18.2 Å². The van der Waals surface area contributed by atoms with Gasteiger partial charge in [-0.3, -0.25) is 0 Å². The van der Waals surface area contributed by atoms with Crippen LogP contribution in [-0.2, 0) is 6.54 Å². The quantitative estimate of drug-likeness (QED) is 0.791. The average molecular weight is 267 g/mol. The molecule has 1 N–H and O–H groups in total. The van der Waals surface area contributed by atoms with Crippen molar-refractivity contribution in [2.45, 2.75) is 25.9 Å². The fourth-order valence-corrected chi connectivity index (χ4v) is 2.02. The van der Waals surface area contributed by atoms with Gasteiger partial charge in [-0.05, 0) is 31.0 Å². The number of halogens is 3. The molecule has 0 aliphatic heterocycles. The third-order valence-electron chi connectivity index (χ3n) is 2.20. The van der Waals surface area contributed by atoms with Crippen molar-refractivity contribution in [3.63, 3.8) is 0 Å². The summed E-state index contributed by atoms with van der Waals surface area (Å²) in [6.45, 7) is 2.85. The number of nitrogens with one attached hydrogen (secondary N) is 1. The van der Waals surface area contributed by atoms with Crippen molar-refractivity contribution in [1.82, 2.24) is 5.32 Å². The molecule has 0 fully saturated rings. The molecule has 1 aromatic rings. The summed E-state index contributed by atoms with van der Waals surface area (Å²) in [5.41, 5.74) is 1.06. The van der Waals surface area contributed by atoms with Crippen molar-refractivity contribution < 1.29 is 0 Å². The highest BCUT2D eigenvalue weighted by atomic mass is 35.5. The largest absolute Gasteiger partial charge is 0.310 e. The van der Waals surface area contributed by atoms with Crippen LogP contribution < -0.4 is 5.32 Å². The maximum absolute atomic E-state index is 6.04. The predicted octanol–water partition coefficient (Wildman–Crippen LogP) is 4.10. The predicted molar refractivity (Wildman–Crippen MR) is 68.1 cm³/mol. The highest BCUT2D eigenvalue weighted by molar-refractivity contribution is 6.35. The maximum Gasteiger partial charge on any atom is 0.0465 e. The zero-order valence-electron chi connectivity index (χ0n) is 8.56. The first kappa shape index (κ1) is 13.1. The van der Waals surface area contributed by atoms with Crippen molar-refractivity contribution >= 4 is 34.8 Å². The van der Waals surface area contributed by atoms with Gasteiger partial charge in [-0.25, -0.2) is 0 Å². The van der Waals surface area contributed by atoms with Crippen molar-refractivity contribution in [2.75, 3.05) is 5.88 Å². The molecule has 0 aromatic heterocycles. The minimum absolute atomic E-state index is 0.397. The highest BCUT2D eigenvalue weighted by Gasteiger charge is 2.04. The van der Waals surface area contributed by atoms with E-state index in [1.165, 1.54) is 0 Å². The second-order valence-electron chi connectivity index (χ2n) is 3.50. The molecule has 0 heterocycles. The minimum Gasteiger partial charge on any atom is -0.310 e. The van der Waals surface area contributed by atoms with Crippen molar-refractivity contribution in [3.8, 4) is 0 Å². The van der Waals surface area contributed by atoms with Crippen LogP contribution >= 0.6 is 34.8 Å². The number of hydrogen-bond acceptors (Lipinski definition) is 1. The standard InChI is InChI=1S/C11H14Cl3N/c1-8(4-5-12)15-7-9-2-3-10(13)6-11(9)14/h2-3,6,8,15H,4-5,7H2,1H3. The highest BCUT2D eigenvalue weighted by Crippen LogP contribution is 2.20. The van der Waals surface area contributed by atoms with Gasteiger partial charge in [-0.1, -0.05) is 29.3 Å². The normalized spacial score (nSPS) is 12.8. The number of benzene rings is 1. The summed E-state index contributed by atoms with van der Waals surface area (Å²) in [7, 11) is 0. The molecule has 15 heavy (non-hydrogen) atoms. The molecule has 1 aromatic carbocycles. The zero-order valence-corrected chi connectivity index (χ0v) is 10.8. The van der Waals surface area contributed by atoms with Crippen LogP contribution in [0.25, 0.3) is 0 Å². The van der Waals surface area contributed by atoms with E-state index in [1.807, 2.05) is 12.1 Å². The summed E-state index contributed by atoms with van der Waals surface area (Å²) in [5.74, 6) is 0.669. The van der Waals surface area contributed by atoms with E-state index in [0.717, 1.165) is 18.5 Å². The molecule has 0 amide bonds. The van der Waals surface area contributed by atoms with E-state index in [-0.39, 0.29) is 0 Å². The molecule has 0 radical (unpaired) electrons. The Morgan fingerprint density at radius 2 is 2.07 bits per heavy atom. The molecule has 0 saturated heterocycles.